The fraction of sp³-hybridized carbons (Fsp3) is 0.227. The average molecular weight is 395 g/mol. The number of nitrogens with zero attached hydrogens (tertiary/aromatic N) is 2. The Hall–Kier alpha value is -2.92. The van der Waals surface area contributed by atoms with Gasteiger partial charge < -0.3 is 4.90 Å². The first-order valence-electron chi connectivity index (χ1n) is 9.23. The van der Waals surface area contributed by atoms with Crippen molar-refractivity contribution in [2.45, 2.75) is 19.8 Å². The summed E-state index contributed by atoms with van der Waals surface area (Å²) in [7, 11) is 0. The largest absolute Gasteiger partial charge is 0.367 e. The topological polar surface area (TPSA) is 57.7 Å². The number of amides is 1. The molecule has 0 aromatic heterocycles. The molecule has 1 amide bonds. The van der Waals surface area contributed by atoms with Crippen molar-refractivity contribution in [2.75, 3.05) is 18.0 Å². The number of carbonyl (C=O) groups excluding carboxylic acids is 3. The van der Waals surface area contributed by atoms with Crippen molar-refractivity contribution in [3.05, 3.63) is 76.1 Å². The standard InChI is InChI=1S/C22H19ClN2O3/c1-14(26)25(16-8-6-7-15(23)13-16)20-19(24-11-4-5-12-24)21(27)17-9-2-3-10-18(17)22(20)28/h2-3,6-10,13H,4-5,11-12H2,1H3. The van der Waals surface area contributed by atoms with Crippen LogP contribution in [0.15, 0.2) is 59.9 Å². The predicted molar refractivity (Wildman–Crippen MR) is 108 cm³/mol. The van der Waals surface area contributed by atoms with Crippen LogP contribution in [0.4, 0.5) is 5.69 Å². The summed E-state index contributed by atoms with van der Waals surface area (Å²) in [5.41, 5.74) is 1.58. The molecule has 1 aliphatic heterocycles. The van der Waals surface area contributed by atoms with Crippen molar-refractivity contribution in [1.82, 2.24) is 4.90 Å². The predicted octanol–water partition coefficient (Wildman–Crippen LogP) is 4.08. The molecule has 2 aromatic rings. The van der Waals surface area contributed by atoms with Gasteiger partial charge in [0, 0.05) is 36.2 Å². The number of benzene rings is 2. The van der Waals surface area contributed by atoms with E-state index in [2.05, 4.69) is 0 Å². The monoisotopic (exact) mass is 394 g/mol. The highest BCUT2D eigenvalue weighted by Crippen LogP contribution is 2.35. The number of hydrogen-bond acceptors (Lipinski definition) is 4. The van der Waals surface area contributed by atoms with E-state index in [4.69, 9.17) is 11.6 Å². The molecule has 4 rings (SSSR count). The summed E-state index contributed by atoms with van der Waals surface area (Å²) in [6.07, 6.45) is 1.88. The smallest absolute Gasteiger partial charge is 0.228 e. The molecule has 2 aliphatic rings. The number of carbonyl (C=O) groups is 3. The van der Waals surface area contributed by atoms with Crippen molar-refractivity contribution >= 4 is 34.8 Å². The van der Waals surface area contributed by atoms with Crippen molar-refractivity contribution in [3.8, 4) is 0 Å². The molecule has 0 atom stereocenters. The molecule has 1 aliphatic carbocycles. The highest BCUT2D eigenvalue weighted by atomic mass is 35.5. The molecule has 2 aromatic carbocycles. The van der Waals surface area contributed by atoms with Crippen LogP contribution in [0.25, 0.3) is 0 Å². The van der Waals surface area contributed by atoms with Crippen LogP contribution in [0.2, 0.25) is 5.02 Å². The van der Waals surface area contributed by atoms with Gasteiger partial charge in [-0.15, -0.1) is 0 Å². The zero-order valence-electron chi connectivity index (χ0n) is 15.4. The van der Waals surface area contributed by atoms with Crippen LogP contribution >= 0.6 is 11.6 Å². The Bertz CT molecular complexity index is 1020. The van der Waals surface area contributed by atoms with E-state index in [0.717, 1.165) is 12.8 Å². The number of fused-ring (bicyclic) bond motifs is 1. The number of hydrogen-bond donors (Lipinski definition) is 0. The lowest BCUT2D eigenvalue weighted by molar-refractivity contribution is -0.116. The van der Waals surface area contributed by atoms with Gasteiger partial charge in [0.2, 0.25) is 17.5 Å². The van der Waals surface area contributed by atoms with Gasteiger partial charge >= 0.3 is 0 Å². The van der Waals surface area contributed by atoms with Crippen molar-refractivity contribution < 1.29 is 14.4 Å². The summed E-state index contributed by atoms with van der Waals surface area (Å²) in [4.78, 5) is 42.7. The number of allylic oxidation sites excluding steroid dienone is 2. The van der Waals surface area contributed by atoms with Crippen LogP contribution in [0.5, 0.6) is 0 Å². The maximum Gasteiger partial charge on any atom is 0.228 e. The second-order valence-electron chi connectivity index (χ2n) is 6.93. The lowest BCUT2D eigenvalue weighted by atomic mass is 9.89. The lowest BCUT2D eigenvalue weighted by Crippen LogP contribution is -2.41. The number of likely N-dealkylation sites (tertiary alicyclic amines) is 1. The van der Waals surface area contributed by atoms with Crippen LogP contribution in [-0.2, 0) is 4.79 Å². The molecule has 6 heteroatoms. The maximum atomic E-state index is 13.5. The third kappa shape index (κ3) is 3.02. The molecule has 28 heavy (non-hydrogen) atoms. The van der Waals surface area contributed by atoms with Gasteiger partial charge in [-0.05, 0) is 31.0 Å². The van der Waals surface area contributed by atoms with E-state index >= 15 is 0 Å². The van der Waals surface area contributed by atoms with Crippen molar-refractivity contribution in [2.24, 2.45) is 0 Å². The molecule has 5 nitrogen and oxygen atoms in total. The van der Waals surface area contributed by atoms with Gasteiger partial charge in [0.1, 0.15) is 11.4 Å². The van der Waals surface area contributed by atoms with Gasteiger partial charge in [-0.3, -0.25) is 19.3 Å². The molecule has 1 fully saturated rings. The Morgan fingerprint density at radius 3 is 2.21 bits per heavy atom. The van der Waals surface area contributed by atoms with Crippen LogP contribution in [0.1, 0.15) is 40.5 Å². The Morgan fingerprint density at radius 2 is 1.61 bits per heavy atom. The molecule has 0 radical (unpaired) electrons. The minimum Gasteiger partial charge on any atom is -0.367 e. The summed E-state index contributed by atoms with van der Waals surface area (Å²) in [5.74, 6) is -0.901. The lowest BCUT2D eigenvalue weighted by Gasteiger charge is -2.33. The SMILES string of the molecule is CC(=O)N(C1=C(N2CCCC2)C(=O)c2ccccc2C1=O)c1cccc(Cl)c1. The van der Waals surface area contributed by atoms with E-state index in [-0.39, 0.29) is 23.2 Å². The Morgan fingerprint density at radius 1 is 0.964 bits per heavy atom. The molecule has 142 valence electrons. The van der Waals surface area contributed by atoms with Crippen molar-refractivity contribution in [1.29, 1.82) is 0 Å². The van der Waals surface area contributed by atoms with E-state index in [1.807, 2.05) is 4.90 Å². The molecule has 1 saturated heterocycles. The molecule has 0 saturated carbocycles. The Balaban J connectivity index is 1.97. The quantitative estimate of drug-likeness (QED) is 0.787. The van der Waals surface area contributed by atoms with Crippen LogP contribution in [-0.4, -0.2) is 35.5 Å². The van der Waals surface area contributed by atoms with Gasteiger partial charge in [-0.2, -0.15) is 0 Å². The van der Waals surface area contributed by atoms with Gasteiger partial charge in [-0.25, -0.2) is 0 Å². The summed E-state index contributed by atoms with van der Waals surface area (Å²) in [6.45, 7) is 2.75. The minimum atomic E-state index is -0.352. The van der Waals surface area contributed by atoms with Crippen LogP contribution < -0.4 is 4.90 Å². The fourth-order valence-corrected chi connectivity index (χ4v) is 4.06. The summed E-state index contributed by atoms with van der Waals surface area (Å²) >= 11 is 6.13. The first kappa shape index (κ1) is 18.4. The summed E-state index contributed by atoms with van der Waals surface area (Å²) < 4.78 is 0. The minimum absolute atomic E-state index is 0.111. The van der Waals surface area contributed by atoms with E-state index in [0.29, 0.717) is 40.6 Å². The number of anilines is 1. The van der Waals surface area contributed by atoms with Crippen LogP contribution in [0.3, 0.4) is 0 Å². The van der Waals surface area contributed by atoms with Gasteiger partial charge in [0.05, 0.1) is 5.69 Å². The van der Waals surface area contributed by atoms with E-state index in [9.17, 15) is 14.4 Å². The van der Waals surface area contributed by atoms with Gasteiger partial charge in [0.15, 0.2) is 0 Å². The highest BCUT2D eigenvalue weighted by Gasteiger charge is 2.40. The third-order valence-electron chi connectivity index (χ3n) is 5.10. The number of Topliss-reactive ketones (excluding diaryl/α,β-unsaturated/α-hetero) is 2. The maximum absolute atomic E-state index is 13.5. The van der Waals surface area contributed by atoms with Gasteiger partial charge in [-0.1, -0.05) is 41.9 Å². The van der Waals surface area contributed by atoms with Crippen LogP contribution in [0, 0.1) is 0 Å². The van der Waals surface area contributed by atoms with E-state index < -0.39 is 0 Å². The summed E-state index contributed by atoms with van der Waals surface area (Å²) in [6, 6.07) is 13.5. The Kier molecular flexibility index (Phi) is 4.77. The van der Waals surface area contributed by atoms with E-state index in [1.54, 1.807) is 48.5 Å². The molecular formula is C22H19ClN2O3. The molecular weight excluding hydrogens is 376 g/mol. The Labute approximate surface area is 168 Å². The zero-order chi connectivity index (χ0) is 19.8. The number of halogens is 1. The molecule has 0 spiro atoms. The van der Waals surface area contributed by atoms with Gasteiger partial charge in [0.25, 0.3) is 0 Å². The number of ketones is 2. The zero-order valence-corrected chi connectivity index (χ0v) is 16.2. The highest BCUT2D eigenvalue weighted by molar-refractivity contribution is 6.32. The molecule has 0 N–H and O–H groups in total. The first-order chi connectivity index (χ1) is 13.5. The normalized spacial score (nSPS) is 16.4. The first-order valence-corrected chi connectivity index (χ1v) is 9.60. The molecule has 0 unspecified atom stereocenters. The molecule has 0 bridgehead atoms. The van der Waals surface area contributed by atoms with E-state index in [1.165, 1.54) is 11.8 Å². The summed E-state index contributed by atoms with van der Waals surface area (Å²) in [5, 5.41) is 0.446. The van der Waals surface area contributed by atoms with Crippen molar-refractivity contribution in [3.63, 3.8) is 0 Å². The second kappa shape index (κ2) is 7.24. The second-order valence-corrected chi connectivity index (χ2v) is 7.37. The molecule has 1 heterocycles. The third-order valence-corrected chi connectivity index (χ3v) is 5.33. The fourth-order valence-electron chi connectivity index (χ4n) is 3.87. The number of rotatable bonds is 3. The average Bonchev–Trinajstić information content (AvgIpc) is 3.20.